The molecule has 7 heteroatoms. The molecule has 1 unspecified atom stereocenters. The van der Waals surface area contributed by atoms with Crippen molar-refractivity contribution >= 4 is 11.7 Å². The Bertz CT molecular complexity index is 852. The van der Waals surface area contributed by atoms with Gasteiger partial charge < -0.3 is 14.4 Å². The summed E-state index contributed by atoms with van der Waals surface area (Å²) in [6, 6.07) is 12.0. The van der Waals surface area contributed by atoms with E-state index >= 15 is 0 Å². The van der Waals surface area contributed by atoms with Gasteiger partial charge in [-0.3, -0.25) is 15.7 Å². The van der Waals surface area contributed by atoms with E-state index in [0.29, 0.717) is 43.0 Å². The number of pyridine rings is 1. The van der Waals surface area contributed by atoms with E-state index in [1.165, 1.54) is 5.56 Å². The van der Waals surface area contributed by atoms with Crippen LogP contribution in [-0.2, 0) is 6.54 Å². The Morgan fingerprint density at radius 1 is 1.22 bits per heavy atom. The van der Waals surface area contributed by atoms with Crippen LogP contribution in [0.15, 0.2) is 42.6 Å². The molecule has 1 atom stereocenters. The smallest absolute Gasteiger partial charge is 0.257 e. The van der Waals surface area contributed by atoms with Crippen molar-refractivity contribution < 1.29 is 9.47 Å². The van der Waals surface area contributed by atoms with E-state index in [1.807, 2.05) is 12.1 Å². The van der Waals surface area contributed by atoms with Crippen molar-refractivity contribution in [2.24, 2.45) is 0 Å². The van der Waals surface area contributed by atoms with Gasteiger partial charge in [0.1, 0.15) is 12.4 Å². The predicted molar refractivity (Wildman–Crippen MR) is 103 cm³/mol. The zero-order chi connectivity index (χ0) is 18.8. The average molecular weight is 365 g/mol. The molecule has 4 rings (SSSR count). The van der Waals surface area contributed by atoms with Crippen molar-refractivity contribution in [3.8, 4) is 11.6 Å². The molecule has 0 amide bonds. The summed E-state index contributed by atoms with van der Waals surface area (Å²) in [5.74, 6) is 2.15. The van der Waals surface area contributed by atoms with Gasteiger partial charge in [-0.1, -0.05) is 24.3 Å². The third-order valence-electron chi connectivity index (χ3n) is 4.88. The average Bonchev–Trinajstić information content (AvgIpc) is 2.68. The van der Waals surface area contributed by atoms with Gasteiger partial charge in [-0.05, 0) is 30.2 Å². The molecule has 1 saturated heterocycles. The zero-order valence-corrected chi connectivity index (χ0v) is 15.3. The zero-order valence-electron chi connectivity index (χ0n) is 15.3. The van der Waals surface area contributed by atoms with Crippen LogP contribution < -0.4 is 9.47 Å². The summed E-state index contributed by atoms with van der Waals surface area (Å²) in [6.45, 7) is 5.11. The van der Waals surface area contributed by atoms with Gasteiger partial charge in [-0.2, -0.15) is 0 Å². The van der Waals surface area contributed by atoms with E-state index < -0.39 is 0 Å². The molecule has 1 fully saturated rings. The van der Waals surface area contributed by atoms with E-state index in [4.69, 9.17) is 20.3 Å². The minimum Gasteiger partial charge on any atom is -0.484 e. The van der Waals surface area contributed by atoms with Crippen LogP contribution in [0, 0.1) is 10.8 Å². The molecule has 0 bridgehead atoms. The Morgan fingerprint density at radius 3 is 2.78 bits per heavy atom. The number of ether oxygens (including phenoxy) is 2. The first-order chi connectivity index (χ1) is 13.1. The number of hydrogen-bond acceptors (Lipinski definition) is 6. The molecule has 2 aliphatic rings. The lowest BCUT2D eigenvalue weighted by molar-refractivity contribution is 0.0851. The molecular weight excluding hydrogens is 342 g/mol. The number of benzene rings is 1. The largest absolute Gasteiger partial charge is 0.484 e. The van der Waals surface area contributed by atoms with E-state index in [0.717, 1.165) is 18.7 Å². The van der Waals surface area contributed by atoms with Crippen LogP contribution in [0.3, 0.4) is 0 Å². The number of hydrogen-bond donors (Lipinski definition) is 2. The van der Waals surface area contributed by atoms with Crippen molar-refractivity contribution in [3.63, 3.8) is 0 Å². The summed E-state index contributed by atoms with van der Waals surface area (Å²) in [5.41, 5.74) is 2.26. The van der Waals surface area contributed by atoms with Crippen LogP contribution in [0.2, 0.25) is 0 Å². The Balaban J connectivity index is 1.37. The minimum absolute atomic E-state index is 0.159. The van der Waals surface area contributed by atoms with Crippen LogP contribution in [0.5, 0.6) is 11.6 Å². The van der Waals surface area contributed by atoms with Crippen molar-refractivity contribution in [1.82, 2.24) is 14.8 Å². The number of aromatic nitrogens is 1. The second kappa shape index (κ2) is 7.36. The van der Waals surface area contributed by atoms with Crippen LogP contribution in [0.4, 0.5) is 0 Å². The standard InChI is InChI=1S/C20H23N5O2/c1-14(21)25-10-9-24(12-19(25)22)11-15-4-6-16(7-5-15)18-13-26-17-3-2-8-23-20(17)27-18/h2-8,18,21-22H,9-13H2,1H3. The van der Waals surface area contributed by atoms with Gasteiger partial charge in [0, 0.05) is 25.8 Å². The van der Waals surface area contributed by atoms with E-state index in [9.17, 15) is 0 Å². The first-order valence-corrected chi connectivity index (χ1v) is 9.06. The molecule has 1 aromatic carbocycles. The van der Waals surface area contributed by atoms with Crippen molar-refractivity contribution in [2.45, 2.75) is 19.6 Å². The Hall–Kier alpha value is -2.93. The topological polar surface area (TPSA) is 85.5 Å². The lowest BCUT2D eigenvalue weighted by Gasteiger charge is -2.35. The van der Waals surface area contributed by atoms with Gasteiger partial charge in [0.25, 0.3) is 5.88 Å². The number of nitrogens with zero attached hydrogens (tertiary/aromatic N) is 3. The molecule has 0 radical (unpaired) electrons. The Labute approximate surface area is 158 Å². The lowest BCUT2D eigenvalue weighted by Crippen LogP contribution is -2.51. The number of amidine groups is 2. The molecule has 0 spiro atoms. The monoisotopic (exact) mass is 365 g/mol. The summed E-state index contributed by atoms with van der Waals surface area (Å²) in [6.07, 6.45) is 1.54. The van der Waals surface area contributed by atoms with E-state index in [2.05, 4.69) is 34.1 Å². The van der Waals surface area contributed by atoms with Gasteiger partial charge in [-0.15, -0.1) is 0 Å². The Morgan fingerprint density at radius 2 is 2.04 bits per heavy atom. The van der Waals surface area contributed by atoms with Crippen LogP contribution >= 0.6 is 0 Å². The van der Waals surface area contributed by atoms with Gasteiger partial charge in [-0.25, -0.2) is 4.98 Å². The molecular formula is C20H23N5O2. The van der Waals surface area contributed by atoms with Gasteiger partial charge >= 0.3 is 0 Å². The summed E-state index contributed by atoms with van der Waals surface area (Å²) >= 11 is 0. The third kappa shape index (κ3) is 3.78. The lowest BCUT2D eigenvalue weighted by atomic mass is 10.1. The SMILES string of the molecule is CC(=N)N1CCN(Cc2ccc(C3COc4cccnc4O3)cc2)CC1=N. The number of rotatable bonds is 3. The van der Waals surface area contributed by atoms with Gasteiger partial charge in [0.15, 0.2) is 11.9 Å². The van der Waals surface area contributed by atoms with Gasteiger partial charge in [0.05, 0.1) is 12.4 Å². The van der Waals surface area contributed by atoms with Crippen LogP contribution in [0.25, 0.3) is 0 Å². The first-order valence-electron chi connectivity index (χ1n) is 9.06. The first kappa shape index (κ1) is 17.5. The fourth-order valence-electron chi connectivity index (χ4n) is 3.43. The molecule has 27 heavy (non-hydrogen) atoms. The van der Waals surface area contributed by atoms with Gasteiger partial charge in [0.2, 0.25) is 0 Å². The molecule has 2 aliphatic heterocycles. The number of nitrogens with one attached hydrogen (secondary N) is 2. The number of piperazine rings is 1. The Kier molecular flexibility index (Phi) is 4.77. The summed E-state index contributed by atoms with van der Waals surface area (Å²) in [4.78, 5) is 8.21. The molecule has 3 heterocycles. The molecule has 2 N–H and O–H groups in total. The second-order valence-electron chi connectivity index (χ2n) is 6.86. The highest BCUT2D eigenvalue weighted by Crippen LogP contribution is 2.33. The quantitative estimate of drug-likeness (QED) is 0.645. The number of fused-ring (bicyclic) bond motifs is 1. The molecule has 0 aliphatic carbocycles. The fourth-order valence-corrected chi connectivity index (χ4v) is 3.43. The van der Waals surface area contributed by atoms with Crippen LogP contribution in [0.1, 0.15) is 24.2 Å². The minimum atomic E-state index is -0.159. The van der Waals surface area contributed by atoms with Crippen molar-refractivity contribution in [2.75, 3.05) is 26.2 Å². The summed E-state index contributed by atoms with van der Waals surface area (Å²) in [7, 11) is 0. The predicted octanol–water partition coefficient (Wildman–Crippen LogP) is 2.69. The highest BCUT2D eigenvalue weighted by atomic mass is 16.6. The van der Waals surface area contributed by atoms with Crippen molar-refractivity contribution in [3.05, 3.63) is 53.7 Å². The second-order valence-corrected chi connectivity index (χ2v) is 6.86. The van der Waals surface area contributed by atoms with Crippen molar-refractivity contribution in [1.29, 1.82) is 10.8 Å². The highest BCUT2D eigenvalue weighted by molar-refractivity contribution is 5.98. The molecule has 2 aromatic rings. The fraction of sp³-hybridized carbons (Fsp3) is 0.350. The van der Waals surface area contributed by atoms with E-state index in [1.54, 1.807) is 18.0 Å². The molecule has 7 nitrogen and oxygen atoms in total. The maximum atomic E-state index is 8.11. The normalized spacial score (nSPS) is 19.8. The molecule has 140 valence electrons. The third-order valence-corrected chi connectivity index (χ3v) is 4.88. The summed E-state index contributed by atoms with van der Waals surface area (Å²) in [5, 5.41) is 15.8. The van der Waals surface area contributed by atoms with E-state index in [-0.39, 0.29) is 6.10 Å². The maximum Gasteiger partial charge on any atom is 0.257 e. The summed E-state index contributed by atoms with van der Waals surface area (Å²) < 4.78 is 11.7. The maximum absolute atomic E-state index is 8.11. The highest BCUT2D eigenvalue weighted by Gasteiger charge is 2.24. The molecule has 0 saturated carbocycles. The molecule has 1 aromatic heterocycles. The van der Waals surface area contributed by atoms with Crippen LogP contribution in [-0.4, -0.2) is 52.7 Å².